The Morgan fingerprint density at radius 1 is 1.07 bits per heavy atom. The van der Waals surface area contributed by atoms with Crippen LogP contribution in [0.3, 0.4) is 0 Å². The Bertz CT molecular complexity index is 960. The van der Waals surface area contributed by atoms with E-state index in [1.807, 2.05) is 54.6 Å². The van der Waals surface area contributed by atoms with Crippen LogP contribution in [0.5, 0.6) is 5.75 Å². The third-order valence-electron chi connectivity index (χ3n) is 5.08. The van der Waals surface area contributed by atoms with Crippen LogP contribution < -0.4 is 4.74 Å². The fourth-order valence-electron chi connectivity index (χ4n) is 3.52. The minimum atomic E-state index is -0.329. The van der Waals surface area contributed by atoms with Gasteiger partial charge in [0.15, 0.2) is 0 Å². The summed E-state index contributed by atoms with van der Waals surface area (Å²) in [5.74, 6) is 0.596. The minimum Gasteiger partial charge on any atom is -0.496 e. The van der Waals surface area contributed by atoms with E-state index < -0.39 is 0 Å². The molecule has 0 atom stereocenters. The number of carbonyl (C=O) groups excluding carboxylic acids is 1. The maximum Gasteiger partial charge on any atom is 0.257 e. The van der Waals surface area contributed by atoms with Crippen LogP contribution in [-0.2, 0) is 0 Å². The summed E-state index contributed by atoms with van der Waals surface area (Å²) in [5.41, 5.74) is 2.79. The molecule has 1 fully saturated rings. The molecule has 0 aliphatic carbocycles. The van der Waals surface area contributed by atoms with Crippen LogP contribution in [0, 0.1) is 0 Å². The Labute approximate surface area is 164 Å². The molecule has 0 spiro atoms. The summed E-state index contributed by atoms with van der Waals surface area (Å²) in [6.07, 6.45) is 2.65. The van der Waals surface area contributed by atoms with Crippen LogP contribution >= 0.6 is 0 Å². The second-order valence-electron chi connectivity index (χ2n) is 6.90. The number of carbonyl (C=O) groups is 1. The van der Waals surface area contributed by atoms with Gasteiger partial charge in [-0.2, -0.15) is 5.10 Å². The average molecular weight is 377 g/mol. The number of hydrogen-bond donors (Lipinski definition) is 1. The number of benzene rings is 2. The van der Waals surface area contributed by atoms with Gasteiger partial charge in [0, 0.05) is 24.8 Å². The lowest BCUT2D eigenvalue weighted by atomic mass is 10.0. The third-order valence-corrected chi connectivity index (χ3v) is 5.08. The van der Waals surface area contributed by atoms with Gasteiger partial charge in [-0.1, -0.05) is 30.3 Å². The first-order valence-corrected chi connectivity index (χ1v) is 9.43. The van der Waals surface area contributed by atoms with Crippen molar-refractivity contribution in [3.63, 3.8) is 0 Å². The molecule has 1 aliphatic heterocycles. The number of amides is 1. The predicted molar refractivity (Wildman–Crippen MR) is 107 cm³/mol. The Kier molecular flexibility index (Phi) is 5.12. The van der Waals surface area contributed by atoms with Gasteiger partial charge in [-0.05, 0) is 37.1 Å². The molecule has 4 rings (SSSR count). The van der Waals surface area contributed by atoms with Gasteiger partial charge in [-0.3, -0.25) is 4.79 Å². The molecule has 6 nitrogen and oxygen atoms in total. The zero-order valence-corrected chi connectivity index (χ0v) is 15.8. The van der Waals surface area contributed by atoms with Crippen molar-refractivity contribution in [2.45, 2.75) is 18.9 Å². The number of aliphatic hydroxyl groups excluding tert-OH is 1. The summed E-state index contributed by atoms with van der Waals surface area (Å²) in [6.45, 7) is 1.09. The van der Waals surface area contributed by atoms with Crippen LogP contribution in [0.15, 0.2) is 60.8 Å². The number of likely N-dealkylation sites (tertiary alicyclic amines) is 1. The lowest BCUT2D eigenvalue weighted by Gasteiger charge is -2.29. The van der Waals surface area contributed by atoms with Gasteiger partial charge < -0.3 is 14.7 Å². The van der Waals surface area contributed by atoms with E-state index in [1.54, 1.807) is 22.9 Å². The number of aliphatic hydroxyl groups is 1. The maximum absolute atomic E-state index is 13.3. The van der Waals surface area contributed by atoms with E-state index in [-0.39, 0.29) is 12.0 Å². The average Bonchev–Trinajstić information content (AvgIpc) is 3.19. The van der Waals surface area contributed by atoms with Crippen LogP contribution in [-0.4, -0.2) is 52.0 Å². The standard InChI is InChI=1S/C22H23N3O3/c1-28-20-10-6-5-9-18(20)21-19(22(27)24-13-11-17(26)12-14-24)15-25(23-21)16-7-3-2-4-8-16/h2-10,15,17,26H,11-14H2,1H3. The van der Waals surface area contributed by atoms with E-state index in [0.717, 1.165) is 11.3 Å². The monoisotopic (exact) mass is 377 g/mol. The second kappa shape index (κ2) is 7.86. The van der Waals surface area contributed by atoms with Crippen molar-refractivity contribution < 1.29 is 14.6 Å². The molecule has 1 saturated heterocycles. The molecule has 1 aromatic heterocycles. The number of methoxy groups -OCH3 is 1. The third kappa shape index (κ3) is 3.51. The summed E-state index contributed by atoms with van der Waals surface area (Å²) in [5, 5.41) is 14.5. The number of piperidine rings is 1. The van der Waals surface area contributed by atoms with E-state index in [9.17, 15) is 9.90 Å². The molecule has 2 aromatic carbocycles. The highest BCUT2D eigenvalue weighted by atomic mass is 16.5. The molecular weight excluding hydrogens is 354 g/mol. The van der Waals surface area contributed by atoms with Crippen molar-refractivity contribution in [3.05, 3.63) is 66.4 Å². The normalized spacial score (nSPS) is 14.9. The van der Waals surface area contributed by atoms with Gasteiger partial charge in [-0.25, -0.2) is 4.68 Å². The number of para-hydroxylation sites is 2. The summed E-state index contributed by atoms with van der Waals surface area (Å²) in [7, 11) is 1.61. The van der Waals surface area contributed by atoms with E-state index in [0.29, 0.717) is 42.9 Å². The molecule has 0 radical (unpaired) electrons. The Morgan fingerprint density at radius 3 is 2.46 bits per heavy atom. The van der Waals surface area contributed by atoms with Crippen molar-refractivity contribution in [1.82, 2.24) is 14.7 Å². The van der Waals surface area contributed by atoms with Crippen molar-refractivity contribution in [2.75, 3.05) is 20.2 Å². The molecule has 6 heteroatoms. The van der Waals surface area contributed by atoms with Crippen molar-refractivity contribution in [2.24, 2.45) is 0 Å². The molecule has 1 amide bonds. The molecule has 1 N–H and O–H groups in total. The molecule has 2 heterocycles. The van der Waals surface area contributed by atoms with E-state index >= 15 is 0 Å². The maximum atomic E-state index is 13.3. The Morgan fingerprint density at radius 2 is 1.75 bits per heavy atom. The number of nitrogens with zero attached hydrogens (tertiary/aromatic N) is 3. The summed E-state index contributed by atoms with van der Waals surface area (Å²) in [6, 6.07) is 17.3. The van der Waals surface area contributed by atoms with Crippen molar-refractivity contribution in [1.29, 1.82) is 0 Å². The van der Waals surface area contributed by atoms with Gasteiger partial charge in [0.1, 0.15) is 11.4 Å². The smallest absolute Gasteiger partial charge is 0.257 e. The minimum absolute atomic E-state index is 0.0741. The van der Waals surface area contributed by atoms with Gasteiger partial charge in [-0.15, -0.1) is 0 Å². The highest BCUT2D eigenvalue weighted by Crippen LogP contribution is 2.32. The van der Waals surface area contributed by atoms with Gasteiger partial charge in [0.2, 0.25) is 0 Å². The summed E-state index contributed by atoms with van der Waals surface area (Å²) in [4.78, 5) is 15.1. The first-order chi connectivity index (χ1) is 13.7. The van der Waals surface area contributed by atoms with Gasteiger partial charge in [0.25, 0.3) is 5.91 Å². The number of rotatable bonds is 4. The fourth-order valence-corrected chi connectivity index (χ4v) is 3.52. The van der Waals surface area contributed by atoms with Crippen LogP contribution in [0.25, 0.3) is 16.9 Å². The molecule has 0 bridgehead atoms. The van der Waals surface area contributed by atoms with E-state index in [1.165, 1.54) is 0 Å². The zero-order valence-electron chi connectivity index (χ0n) is 15.8. The quantitative estimate of drug-likeness (QED) is 0.758. The molecule has 1 aliphatic rings. The topological polar surface area (TPSA) is 67.6 Å². The number of aromatic nitrogens is 2. The van der Waals surface area contributed by atoms with Crippen LogP contribution in [0.4, 0.5) is 0 Å². The summed E-state index contributed by atoms with van der Waals surface area (Å²) < 4.78 is 7.23. The SMILES string of the molecule is COc1ccccc1-c1nn(-c2ccccc2)cc1C(=O)N1CCC(O)CC1. The molecule has 28 heavy (non-hydrogen) atoms. The van der Waals surface area contributed by atoms with E-state index in [4.69, 9.17) is 9.84 Å². The number of ether oxygens (including phenoxy) is 1. The molecule has 3 aromatic rings. The predicted octanol–water partition coefficient (Wildman–Crippen LogP) is 3.14. The highest BCUT2D eigenvalue weighted by Gasteiger charge is 2.27. The molecule has 144 valence electrons. The Hall–Kier alpha value is -3.12. The van der Waals surface area contributed by atoms with Crippen LogP contribution in [0.1, 0.15) is 23.2 Å². The molecular formula is C22H23N3O3. The fraction of sp³-hybridized carbons (Fsp3) is 0.273. The lowest BCUT2D eigenvalue weighted by Crippen LogP contribution is -2.40. The first-order valence-electron chi connectivity index (χ1n) is 9.43. The highest BCUT2D eigenvalue weighted by molar-refractivity contribution is 6.00. The Balaban J connectivity index is 1.79. The van der Waals surface area contributed by atoms with E-state index in [2.05, 4.69) is 0 Å². The van der Waals surface area contributed by atoms with Gasteiger partial charge >= 0.3 is 0 Å². The largest absolute Gasteiger partial charge is 0.496 e. The van der Waals surface area contributed by atoms with Crippen molar-refractivity contribution >= 4 is 5.91 Å². The second-order valence-corrected chi connectivity index (χ2v) is 6.90. The number of hydrogen-bond acceptors (Lipinski definition) is 4. The molecule has 0 unspecified atom stereocenters. The zero-order chi connectivity index (χ0) is 19.5. The first kappa shape index (κ1) is 18.3. The van der Waals surface area contributed by atoms with Gasteiger partial charge in [0.05, 0.1) is 24.5 Å². The molecule has 0 saturated carbocycles. The lowest BCUT2D eigenvalue weighted by molar-refractivity contribution is 0.0547. The van der Waals surface area contributed by atoms with Crippen LogP contribution in [0.2, 0.25) is 0 Å². The summed E-state index contributed by atoms with van der Waals surface area (Å²) >= 11 is 0. The van der Waals surface area contributed by atoms with Crippen molar-refractivity contribution in [3.8, 4) is 22.7 Å².